The first-order chi connectivity index (χ1) is 19.0. The molecule has 194 valence electrons. The largest absolute Gasteiger partial charge is 0.454 e. The second-order valence-corrected chi connectivity index (χ2v) is 8.60. The molecule has 0 aliphatic carbocycles. The molecule has 0 aromatic heterocycles. The third kappa shape index (κ3) is 6.11. The van der Waals surface area contributed by atoms with Crippen LogP contribution in [0.25, 0.3) is 0 Å². The zero-order valence-electron chi connectivity index (χ0n) is 20.8. The molecule has 0 saturated heterocycles. The summed E-state index contributed by atoms with van der Waals surface area (Å²) in [4.78, 5) is 37.9. The van der Waals surface area contributed by atoms with Gasteiger partial charge < -0.3 is 19.5 Å². The van der Waals surface area contributed by atoms with Crippen molar-refractivity contribution in [2.75, 3.05) is 12.1 Å². The molecule has 0 radical (unpaired) electrons. The number of rotatable bonds is 7. The van der Waals surface area contributed by atoms with Gasteiger partial charge in [0.15, 0.2) is 11.5 Å². The van der Waals surface area contributed by atoms with Gasteiger partial charge in [0.25, 0.3) is 11.8 Å². The minimum Gasteiger partial charge on any atom is -0.454 e. The second-order valence-electron chi connectivity index (χ2n) is 8.60. The summed E-state index contributed by atoms with van der Waals surface area (Å²) >= 11 is 0. The average Bonchev–Trinajstić information content (AvgIpc) is 3.42. The van der Waals surface area contributed by atoms with Crippen LogP contribution in [-0.4, -0.2) is 30.8 Å². The van der Waals surface area contributed by atoms with Crippen LogP contribution < -0.4 is 25.0 Å². The van der Waals surface area contributed by atoms with Crippen molar-refractivity contribution in [2.24, 2.45) is 5.10 Å². The molecule has 0 unspecified atom stereocenters. The number of nitrogens with one attached hydrogen (secondary N) is 2. The summed E-state index contributed by atoms with van der Waals surface area (Å²) in [6.07, 6.45) is 1.38. The van der Waals surface area contributed by atoms with E-state index in [0.29, 0.717) is 39.4 Å². The Labute approximate surface area is 224 Å². The number of ether oxygens (including phenoxy) is 3. The van der Waals surface area contributed by atoms with Crippen molar-refractivity contribution in [2.45, 2.75) is 6.92 Å². The van der Waals surface area contributed by atoms with Gasteiger partial charge in [-0.25, -0.2) is 10.2 Å². The topological polar surface area (TPSA) is 115 Å². The van der Waals surface area contributed by atoms with Crippen LogP contribution in [0.3, 0.4) is 0 Å². The predicted molar refractivity (Wildman–Crippen MR) is 145 cm³/mol. The fraction of sp³-hybridized carbons (Fsp3) is 0.0667. The Morgan fingerprint density at radius 3 is 2.41 bits per heavy atom. The minimum atomic E-state index is -0.581. The first-order valence-corrected chi connectivity index (χ1v) is 12.0. The fourth-order valence-electron chi connectivity index (χ4n) is 3.73. The van der Waals surface area contributed by atoms with Gasteiger partial charge in [-0.15, -0.1) is 0 Å². The van der Waals surface area contributed by atoms with E-state index in [2.05, 4.69) is 15.8 Å². The summed E-state index contributed by atoms with van der Waals surface area (Å²) in [5, 5.41) is 6.80. The number of carbonyl (C=O) groups is 3. The van der Waals surface area contributed by atoms with Crippen molar-refractivity contribution < 1.29 is 28.6 Å². The van der Waals surface area contributed by atoms with E-state index in [1.807, 2.05) is 19.1 Å². The molecule has 4 aromatic rings. The summed E-state index contributed by atoms with van der Waals surface area (Å²) in [6, 6.07) is 25.3. The molecule has 0 saturated carbocycles. The van der Waals surface area contributed by atoms with Crippen molar-refractivity contribution in [1.82, 2.24) is 5.43 Å². The fourth-order valence-corrected chi connectivity index (χ4v) is 3.73. The number of esters is 1. The number of aryl methyl sites for hydroxylation is 1. The normalized spacial score (nSPS) is 11.7. The Kier molecular flexibility index (Phi) is 7.31. The van der Waals surface area contributed by atoms with Gasteiger partial charge >= 0.3 is 5.97 Å². The molecule has 0 atom stereocenters. The van der Waals surface area contributed by atoms with Crippen LogP contribution in [0.15, 0.2) is 96.1 Å². The molecular weight excluding hydrogens is 498 g/mol. The van der Waals surface area contributed by atoms with E-state index in [9.17, 15) is 14.4 Å². The number of fused-ring (bicyclic) bond motifs is 1. The molecule has 5 rings (SSSR count). The van der Waals surface area contributed by atoms with Crippen LogP contribution in [0.4, 0.5) is 5.69 Å². The number of anilines is 1. The smallest absolute Gasteiger partial charge is 0.343 e. The lowest BCUT2D eigenvalue weighted by Crippen LogP contribution is -2.18. The lowest BCUT2D eigenvalue weighted by molar-refractivity contribution is 0.0733. The molecule has 2 amide bonds. The SMILES string of the molecule is Cc1ccc(C(=O)Nc2cccc(C(=O)NN=Cc3ccccc3OC(=O)c3ccc4c(c3)OCO4)c2)cc1. The molecule has 0 bridgehead atoms. The summed E-state index contributed by atoms with van der Waals surface area (Å²) < 4.78 is 16.1. The van der Waals surface area contributed by atoms with Crippen LogP contribution >= 0.6 is 0 Å². The molecular formula is C30H23N3O6. The van der Waals surface area contributed by atoms with E-state index < -0.39 is 11.9 Å². The Hall–Kier alpha value is -5.44. The molecule has 1 heterocycles. The molecule has 39 heavy (non-hydrogen) atoms. The Bertz CT molecular complexity index is 1580. The van der Waals surface area contributed by atoms with Gasteiger partial charge in [0.05, 0.1) is 11.8 Å². The van der Waals surface area contributed by atoms with Gasteiger partial charge in [-0.05, 0) is 67.6 Å². The quantitative estimate of drug-likeness (QED) is 0.154. The van der Waals surface area contributed by atoms with E-state index in [1.165, 1.54) is 6.21 Å². The number of hydrogen-bond donors (Lipinski definition) is 2. The molecule has 9 nitrogen and oxygen atoms in total. The van der Waals surface area contributed by atoms with Crippen LogP contribution in [0.5, 0.6) is 17.2 Å². The minimum absolute atomic E-state index is 0.102. The Morgan fingerprint density at radius 1 is 0.795 bits per heavy atom. The number of nitrogens with zero attached hydrogens (tertiary/aromatic N) is 1. The molecule has 9 heteroatoms. The molecule has 1 aliphatic rings. The highest BCUT2D eigenvalue weighted by molar-refractivity contribution is 6.05. The second kappa shape index (κ2) is 11.3. The van der Waals surface area contributed by atoms with Crippen molar-refractivity contribution in [1.29, 1.82) is 0 Å². The standard InChI is InChI=1S/C30H23N3O6/c1-19-9-11-20(12-10-19)28(34)32-24-7-4-6-21(15-24)29(35)33-31-17-23-5-2-3-8-25(23)39-30(36)22-13-14-26-27(16-22)38-18-37-26/h2-17H,18H2,1H3,(H,32,34)(H,33,35). The monoisotopic (exact) mass is 521 g/mol. The highest BCUT2D eigenvalue weighted by atomic mass is 16.7. The van der Waals surface area contributed by atoms with E-state index in [4.69, 9.17) is 14.2 Å². The van der Waals surface area contributed by atoms with Gasteiger partial charge in [-0.3, -0.25) is 9.59 Å². The lowest BCUT2D eigenvalue weighted by Gasteiger charge is -2.08. The maximum atomic E-state index is 12.7. The van der Waals surface area contributed by atoms with Gasteiger partial charge in [0, 0.05) is 22.4 Å². The number of hydrogen-bond acceptors (Lipinski definition) is 7. The zero-order valence-corrected chi connectivity index (χ0v) is 20.8. The van der Waals surface area contributed by atoms with Crippen LogP contribution in [0, 0.1) is 6.92 Å². The van der Waals surface area contributed by atoms with Crippen molar-refractivity contribution in [3.63, 3.8) is 0 Å². The molecule has 0 spiro atoms. The van der Waals surface area contributed by atoms with Gasteiger partial charge in [0.2, 0.25) is 6.79 Å². The van der Waals surface area contributed by atoms with E-state index in [-0.39, 0.29) is 18.4 Å². The van der Waals surface area contributed by atoms with Crippen molar-refractivity contribution in [3.05, 3.63) is 119 Å². The van der Waals surface area contributed by atoms with Gasteiger partial charge in [-0.2, -0.15) is 5.10 Å². The summed E-state index contributed by atoms with van der Waals surface area (Å²) in [7, 11) is 0. The third-order valence-corrected chi connectivity index (χ3v) is 5.80. The van der Waals surface area contributed by atoms with Gasteiger partial charge in [-0.1, -0.05) is 35.9 Å². The third-order valence-electron chi connectivity index (χ3n) is 5.80. The summed E-state index contributed by atoms with van der Waals surface area (Å²) in [6.45, 7) is 2.05. The van der Waals surface area contributed by atoms with E-state index in [1.54, 1.807) is 78.9 Å². The summed E-state index contributed by atoms with van der Waals surface area (Å²) in [5.41, 5.74) is 5.57. The van der Waals surface area contributed by atoms with Crippen LogP contribution in [0.1, 0.15) is 42.2 Å². The zero-order chi connectivity index (χ0) is 27.2. The number of carbonyl (C=O) groups excluding carboxylic acids is 3. The maximum Gasteiger partial charge on any atom is 0.343 e. The Morgan fingerprint density at radius 2 is 1.56 bits per heavy atom. The molecule has 4 aromatic carbocycles. The molecule has 2 N–H and O–H groups in total. The Balaban J connectivity index is 1.22. The summed E-state index contributed by atoms with van der Waals surface area (Å²) in [5.74, 6) is -0.0403. The highest BCUT2D eigenvalue weighted by Crippen LogP contribution is 2.33. The van der Waals surface area contributed by atoms with Crippen molar-refractivity contribution in [3.8, 4) is 17.2 Å². The predicted octanol–water partition coefficient (Wildman–Crippen LogP) is 4.96. The number of hydrazone groups is 1. The maximum absolute atomic E-state index is 12.7. The highest BCUT2D eigenvalue weighted by Gasteiger charge is 2.18. The first-order valence-electron chi connectivity index (χ1n) is 12.0. The average molecular weight is 522 g/mol. The van der Waals surface area contributed by atoms with Gasteiger partial charge in [0.1, 0.15) is 5.75 Å². The van der Waals surface area contributed by atoms with Crippen LogP contribution in [-0.2, 0) is 0 Å². The number of benzene rings is 4. The number of amides is 2. The number of para-hydroxylation sites is 1. The van der Waals surface area contributed by atoms with Crippen molar-refractivity contribution >= 4 is 29.7 Å². The first kappa shape index (κ1) is 25.2. The van der Waals surface area contributed by atoms with E-state index >= 15 is 0 Å². The van der Waals surface area contributed by atoms with Crippen LogP contribution in [0.2, 0.25) is 0 Å². The molecule has 1 aliphatic heterocycles. The molecule has 0 fully saturated rings. The van der Waals surface area contributed by atoms with E-state index in [0.717, 1.165) is 5.56 Å². The lowest BCUT2D eigenvalue weighted by atomic mass is 10.1.